The summed E-state index contributed by atoms with van der Waals surface area (Å²) in [6, 6.07) is 2.86. The molecule has 0 saturated carbocycles. The topological polar surface area (TPSA) is 94.0 Å². The van der Waals surface area contributed by atoms with Crippen molar-refractivity contribution in [1.82, 2.24) is 14.5 Å². The van der Waals surface area contributed by atoms with E-state index in [9.17, 15) is 4.79 Å². The lowest BCUT2D eigenvalue weighted by Gasteiger charge is -2.05. The van der Waals surface area contributed by atoms with E-state index in [-0.39, 0.29) is 5.69 Å². The molecule has 0 fully saturated rings. The van der Waals surface area contributed by atoms with E-state index in [0.717, 1.165) is 0 Å². The number of aromatic carboxylic acids is 1. The minimum Gasteiger partial charge on any atom is -0.477 e. The Labute approximate surface area is 85.0 Å². The number of hydrogen-bond donors (Lipinski definition) is 2. The first-order chi connectivity index (χ1) is 7.18. The first kappa shape index (κ1) is 9.20. The maximum absolute atomic E-state index is 10.7. The third kappa shape index (κ3) is 1.64. The highest BCUT2D eigenvalue weighted by atomic mass is 16.4. The third-order valence-electron chi connectivity index (χ3n) is 1.87. The molecule has 0 amide bonds. The van der Waals surface area contributed by atoms with Crippen LogP contribution in [-0.4, -0.2) is 25.6 Å². The summed E-state index contributed by atoms with van der Waals surface area (Å²) in [6.07, 6.45) is 4.71. The molecule has 0 spiro atoms. The lowest BCUT2D eigenvalue weighted by atomic mass is 10.3. The zero-order chi connectivity index (χ0) is 10.8. The smallest absolute Gasteiger partial charge is 0.354 e. The van der Waals surface area contributed by atoms with Crippen LogP contribution >= 0.6 is 0 Å². The predicted molar refractivity (Wildman–Crippen MR) is 52.7 cm³/mol. The number of carboxylic acid groups (broad SMARTS) is 1. The van der Waals surface area contributed by atoms with Crippen LogP contribution in [0, 0.1) is 0 Å². The fourth-order valence-electron chi connectivity index (χ4n) is 1.17. The number of nitrogens with zero attached hydrogens (tertiary/aromatic N) is 3. The van der Waals surface area contributed by atoms with Crippen molar-refractivity contribution < 1.29 is 9.90 Å². The van der Waals surface area contributed by atoms with E-state index in [2.05, 4.69) is 9.97 Å². The Balaban J connectivity index is 2.55. The second-order valence-electron chi connectivity index (χ2n) is 2.88. The second-order valence-corrected chi connectivity index (χ2v) is 2.88. The van der Waals surface area contributed by atoms with Gasteiger partial charge in [0.25, 0.3) is 0 Å². The lowest BCUT2D eigenvalue weighted by Crippen LogP contribution is -2.07. The summed E-state index contributed by atoms with van der Waals surface area (Å²) in [4.78, 5) is 18.5. The van der Waals surface area contributed by atoms with E-state index in [1.54, 1.807) is 17.0 Å². The molecule has 0 atom stereocenters. The normalized spacial score (nSPS) is 10.1. The molecule has 2 aromatic rings. The fourth-order valence-corrected chi connectivity index (χ4v) is 1.17. The van der Waals surface area contributed by atoms with Crippen LogP contribution in [0.4, 0.5) is 5.69 Å². The van der Waals surface area contributed by atoms with Crippen LogP contribution in [0.2, 0.25) is 0 Å². The van der Waals surface area contributed by atoms with Crippen molar-refractivity contribution in [3.05, 3.63) is 36.5 Å². The van der Waals surface area contributed by atoms with Crippen LogP contribution in [0.25, 0.3) is 5.82 Å². The summed E-state index contributed by atoms with van der Waals surface area (Å²) in [7, 11) is 0. The first-order valence-corrected chi connectivity index (χ1v) is 4.16. The van der Waals surface area contributed by atoms with Gasteiger partial charge in [0.15, 0.2) is 11.5 Å². The molecule has 2 heterocycles. The first-order valence-electron chi connectivity index (χ1n) is 4.16. The number of nitrogens with two attached hydrogens (primary N) is 1. The average Bonchev–Trinajstić information content (AvgIpc) is 2.71. The summed E-state index contributed by atoms with van der Waals surface area (Å²) in [5.74, 6) is -0.719. The van der Waals surface area contributed by atoms with Gasteiger partial charge in [0.2, 0.25) is 0 Å². The fraction of sp³-hybridized carbons (Fsp3) is 0. The molecule has 6 heteroatoms. The van der Waals surface area contributed by atoms with Gasteiger partial charge in [0, 0.05) is 12.4 Å². The molecule has 0 unspecified atom stereocenters. The van der Waals surface area contributed by atoms with Crippen LogP contribution < -0.4 is 5.73 Å². The van der Waals surface area contributed by atoms with Gasteiger partial charge in [0.1, 0.15) is 6.33 Å². The summed E-state index contributed by atoms with van der Waals surface area (Å²) in [5, 5.41) is 8.77. The largest absolute Gasteiger partial charge is 0.477 e. The Bertz CT molecular complexity index is 493. The van der Waals surface area contributed by atoms with Gasteiger partial charge in [-0.05, 0) is 12.1 Å². The summed E-state index contributed by atoms with van der Waals surface area (Å²) >= 11 is 0. The molecule has 0 aliphatic rings. The molecular formula is C9H8N4O2. The molecule has 0 aliphatic heterocycles. The van der Waals surface area contributed by atoms with Gasteiger partial charge >= 0.3 is 5.97 Å². The van der Waals surface area contributed by atoms with Gasteiger partial charge in [-0.15, -0.1) is 0 Å². The minimum absolute atomic E-state index is 0.0482. The van der Waals surface area contributed by atoms with E-state index in [1.807, 2.05) is 0 Å². The van der Waals surface area contributed by atoms with Crippen molar-refractivity contribution in [2.45, 2.75) is 0 Å². The van der Waals surface area contributed by atoms with Crippen LogP contribution in [0.1, 0.15) is 10.5 Å². The highest BCUT2D eigenvalue weighted by molar-refractivity contribution is 5.86. The third-order valence-corrected chi connectivity index (χ3v) is 1.87. The number of imidazole rings is 1. The maximum atomic E-state index is 10.7. The number of pyridine rings is 1. The number of anilines is 1. The Hall–Kier alpha value is -2.37. The summed E-state index contributed by atoms with van der Waals surface area (Å²) < 4.78 is 1.56. The molecule has 3 N–H and O–H groups in total. The summed E-state index contributed by atoms with van der Waals surface area (Å²) in [5.41, 5.74) is 6.03. The van der Waals surface area contributed by atoms with Crippen LogP contribution in [0.5, 0.6) is 0 Å². The molecule has 0 aromatic carbocycles. The molecule has 2 rings (SSSR count). The van der Waals surface area contributed by atoms with E-state index in [0.29, 0.717) is 11.5 Å². The van der Waals surface area contributed by atoms with Gasteiger partial charge in [-0.3, -0.25) is 4.57 Å². The molecule has 0 aliphatic carbocycles. The van der Waals surface area contributed by atoms with Crippen molar-refractivity contribution in [2.75, 3.05) is 5.73 Å². The summed E-state index contributed by atoms with van der Waals surface area (Å²) in [6.45, 7) is 0. The van der Waals surface area contributed by atoms with Crippen molar-refractivity contribution in [2.24, 2.45) is 0 Å². The van der Waals surface area contributed by atoms with Gasteiger partial charge in [0.05, 0.1) is 5.69 Å². The quantitative estimate of drug-likeness (QED) is 0.744. The molecule has 0 bridgehead atoms. The molecular weight excluding hydrogens is 196 g/mol. The SMILES string of the molecule is Nc1ccc(C(=O)O)nc1-n1ccnc1. The highest BCUT2D eigenvalue weighted by Crippen LogP contribution is 2.14. The predicted octanol–water partition coefficient (Wildman–Crippen LogP) is 0.548. The number of nitrogen functional groups attached to an aromatic ring is 1. The number of aromatic nitrogens is 3. The maximum Gasteiger partial charge on any atom is 0.354 e. The zero-order valence-corrected chi connectivity index (χ0v) is 7.66. The number of carbonyl (C=O) groups is 1. The lowest BCUT2D eigenvalue weighted by molar-refractivity contribution is 0.0690. The highest BCUT2D eigenvalue weighted by Gasteiger charge is 2.09. The van der Waals surface area contributed by atoms with Crippen molar-refractivity contribution in [3.8, 4) is 5.82 Å². The minimum atomic E-state index is -1.09. The van der Waals surface area contributed by atoms with Gasteiger partial charge in [-0.2, -0.15) is 0 Å². The van der Waals surface area contributed by atoms with E-state index in [1.165, 1.54) is 18.5 Å². The van der Waals surface area contributed by atoms with E-state index >= 15 is 0 Å². The average molecular weight is 204 g/mol. The van der Waals surface area contributed by atoms with Gasteiger partial charge in [-0.1, -0.05) is 0 Å². The molecule has 0 radical (unpaired) electrons. The monoisotopic (exact) mass is 204 g/mol. The van der Waals surface area contributed by atoms with Crippen molar-refractivity contribution in [3.63, 3.8) is 0 Å². The number of hydrogen-bond acceptors (Lipinski definition) is 4. The Kier molecular flexibility index (Phi) is 2.09. The Morgan fingerprint density at radius 3 is 2.87 bits per heavy atom. The Morgan fingerprint density at radius 1 is 1.47 bits per heavy atom. The van der Waals surface area contributed by atoms with Gasteiger partial charge < -0.3 is 10.8 Å². The molecule has 6 nitrogen and oxygen atoms in total. The van der Waals surface area contributed by atoms with E-state index < -0.39 is 5.97 Å². The molecule has 76 valence electrons. The van der Waals surface area contributed by atoms with E-state index in [4.69, 9.17) is 10.8 Å². The van der Waals surface area contributed by atoms with Gasteiger partial charge in [-0.25, -0.2) is 14.8 Å². The molecule has 2 aromatic heterocycles. The zero-order valence-electron chi connectivity index (χ0n) is 7.66. The van der Waals surface area contributed by atoms with Crippen molar-refractivity contribution in [1.29, 1.82) is 0 Å². The number of carboxylic acids is 1. The van der Waals surface area contributed by atoms with Crippen LogP contribution in [0.15, 0.2) is 30.9 Å². The second kappa shape index (κ2) is 3.41. The Morgan fingerprint density at radius 2 is 2.27 bits per heavy atom. The molecule has 0 saturated heterocycles. The standard InChI is InChI=1S/C9H8N4O2/c10-6-1-2-7(9(14)15)12-8(6)13-4-3-11-5-13/h1-5H,10H2,(H,14,15). The molecule has 15 heavy (non-hydrogen) atoms. The van der Waals surface area contributed by atoms with Crippen LogP contribution in [-0.2, 0) is 0 Å². The van der Waals surface area contributed by atoms with Crippen molar-refractivity contribution >= 4 is 11.7 Å². The number of rotatable bonds is 2. The van der Waals surface area contributed by atoms with Crippen LogP contribution in [0.3, 0.4) is 0 Å².